The Morgan fingerprint density at radius 2 is 1.86 bits per heavy atom. The van der Waals surface area contributed by atoms with E-state index in [-0.39, 0.29) is 11.8 Å². The first-order valence-electron chi connectivity index (χ1n) is 8.21. The van der Waals surface area contributed by atoms with E-state index in [2.05, 4.69) is 43.1 Å². The van der Waals surface area contributed by atoms with Crippen molar-refractivity contribution in [1.82, 2.24) is 10.2 Å². The number of benzene rings is 1. The van der Waals surface area contributed by atoms with Gasteiger partial charge in [0.25, 0.3) is 0 Å². The molecule has 1 saturated heterocycles. The Kier molecular flexibility index (Phi) is 5.80. The minimum absolute atomic E-state index is 0.0191. The average molecular weight is 288 g/mol. The molecule has 1 amide bonds. The van der Waals surface area contributed by atoms with E-state index in [1.807, 2.05) is 18.2 Å². The van der Waals surface area contributed by atoms with E-state index in [0.29, 0.717) is 12.1 Å². The highest BCUT2D eigenvalue weighted by Crippen LogP contribution is 2.21. The van der Waals surface area contributed by atoms with Gasteiger partial charge in [0.1, 0.15) is 0 Å². The highest BCUT2D eigenvalue weighted by atomic mass is 16.1. The number of amides is 1. The predicted molar refractivity (Wildman–Crippen MR) is 87.3 cm³/mol. The fourth-order valence-electron chi connectivity index (χ4n) is 3.12. The molecule has 3 heteroatoms. The van der Waals surface area contributed by atoms with Gasteiger partial charge in [-0.15, -0.1) is 0 Å². The maximum Gasteiger partial charge on any atom is 0.227 e. The first-order chi connectivity index (χ1) is 10.1. The van der Waals surface area contributed by atoms with Crippen molar-refractivity contribution in [1.29, 1.82) is 0 Å². The largest absolute Gasteiger partial charge is 0.353 e. The molecule has 0 saturated carbocycles. The number of hydrogen-bond acceptors (Lipinski definition) is 2. The van der Waals surface area contributed by atoms with Crippen molar-refractivity contribution < 1.29 is 4.79 Å². The SMILES string of the molecule is CCC(C(=O)NC1CCN(C(C)C)CC1)c1ccccc1. The van der Waals surface area contributed by atoms with Gasteiger partial charge in [0, 0.05) is 25.2 Å². The molecule has 1 atom stereocenters. The topological polar surface area (TPSA) is 32.3 Å². The molecule has 1 heterocycles. The molecule has 3 nitrogen and oxygen atoms in total. The van der Waals surface area contributed by atoms with Crippen molar-refractivity contribution in [3.63, 3.8) is 0 Å². The van der Waals surface area contributed by atoms with E-state index in [0.717, 1.165) is 37.9 Å². The van der Waals surface area contributed by atoms with Crippen molar-refractivity contribution in [3.05, 3.63) is 35.9 Å². The van der Waals surface area contributed by atoms with E-state index in [1.165, 1.54) is 0 Å². The molecule has 0 bridgehead atoms. The molecule has 1 aliphatic rings. The molecule has 2 rings (SSSR count). The zero-order valence-corrected chi connectivity index (χ0v) is 13.5. The number of piperidine rings is 1. The van der Waals surface area contributed by atoms with Crippen LogP contribution in [0.3, 0.4) is 0 Å². The van der Waals surface area contributed by atoms with Gasteiger partial charge in [-0.25, -0.2) is 0 Å². The summed E-state index contributed by atoms with van der Waals surface area (Å²) >= 11 is 0. The number of carbonyl (C=O) groups excluding carboxylic acids is 1. The number of nitrogens with zero attached hydrogens (tertiary/aromatic N) is 1. The second-order valence-corrected chi connectivity index (χ2v) is 6.28. The summed E-state index contributed by atoms with van der Waals surface area (Å²) in [5.41, 5.74) is 1.12. The van der Waals surface area contributed by atoms with Crippen molar-refractivity contribution in [2.75, 3.05) is 13.1 Å². The molecule has 0 radical (unpaired) electrons. The quantitative estimate of drug-likeness (QED) is 0.902. The van der Waals surface area contributed by atoms with E-state index in [9.17, 15) is 4.79 Å². The summed E-state index contributed by atoms with van der Waals surface area (Å²) in [4.78, 5) is 15.0. The van der Waals surface area contributed by atoms with Crippen LogP contribution in [0.25, 0.3) is 0 Å². The number of rotatable bonds is 5. The van der Waals surface area contributed by atoms with Crippen LogP contribution in [0.1, 0.15) is 51.5 Å². The van der Waals surface area contributed by atoms with Crippen LogP contribution in [0.5, 0.6) is 0 Å². The Morgan fingerprint density at radius 1 is 1.24 bits per heavy atom. The number of likely N-dealkylation sites (tertiary alicyclic amines) is 1. The lowest BCUT2D eigenvalue weighted by atomic mass is 9.94. The summed E-state index contributed by atoms with van der Waals surface area (Å²) in [5, 5.41) is 3.26. The van der Waals surface area contributed by atoms with Gasteiger partial charge in [-0.1, -0.05) is 37.3 Å². The molecule has 1 fully saturated rings. The van der Waals surface area contributed by atoms with Crippen molar-refractivity contribution >= 4 is 5.91 Å². The molecular weight excluding hydrogens is 260 g/mol. The zero-order chi connectivity index (χ0) is 15.2. The second-order valence-electron chi connectivity index (χ2n) is 6.28. The van der Waals surface area contributed by atoms with Crippen LogP contribution >= 0.6 is 0 Å². The van der Waals surface area contributed by atoms with Crippen molar-refractivity contribution in [3.8, 4) is 0 Å². The molecule has 21 heavy (non-hydrogen) atoms. The Balaban J connectivity index is 1.89. The lowest BCUT2D eigenvalue weighted by Crippen LogP contribution is -2.47. The van der Waals surface area contributed by atoms with Gasteiger partial charge >= 0.3 is 0 Å². The third-order valence-electron chi connectivity index (χ3n) is 4.53. The number of hydrogen-bond donors (Lipinski definition) is 1. The minimum atomic E-state index is -0.0191. The zero-order valence-electron chi connectivity index (χ0n) is 13.5. The number of nitrogens with one attached hydrogen (secondary N) is 1. The van der Waals surface area contributed by atoms with Gasteiger partial charge in [0.2, 0.25) is 5.91 Å². The Morgan fingerprint density at radius 3 is 2.38 bits per heavy atom. The van der Waals surface area contributed by atoms with Gasteiger partial charge < -0.3 is 10.2 Å². The van der Waals surface area contributed by atoms with Gasteiger partial charge in [-0.05, 0) is 38.7 Å². The highest BCUT2D eigenvalue weighted by molar-refractivity contribution is 5.83. The predicted octanol–water partition coefficient (Wildman–Crippen LogP) is 3.17. The summed E-state index contributed by atoms with van der Waals surface area (Å²) in [6.07, 6.45) is 2.98. The fraction of sp³-hybridized carbons (Fsp3) is 0.611. The molecule has 0 spiro atoms. The first-order valence-corrected chi connectivity index (χ1v) is 8.21. The summed E-state index contributed by atoms with van der Waals surface area (Å²) < 4.78 is 0. The maximum atomic E-state index is 12.5. The van der Waals surface area contributed by atoms with Crippen molar-refractivity contribution in [2.24, 2.45) is 0 Å². The monoisotopic (exact) mass is 288 g/mol. The van der Waals surface area contributed by atoms with Crippen LogP contribution in [0.4, 0.5) is 0 Å². The molecule has 1 unspecified atom stereocenters. The van der Waals surface area contributed by atoms with E-state index in [4.69, 9.17) is 0 Å². The lowest BCUT2D eigenvalue weighted by Gasteiger charge is -2.35. The molecule has 1 aliphatic heterocycles. The molecule has 0 aromatic heterocycles. The molecular formula is C18H28N2O. The number of carbonyl (C=O) groups is 1. The van der Waals surface area contributed by atoms with Gasteiger partial charge in [0.15, 0.2) is 0 Å². The van der Waals surface area contributed by atoms with Gasteiger partial charge in [-0.2, -0.15) is 0 Å². The summed E-state index contributed by atoms with van der Waals surface area (Å²) in [7, 11) is 0. The van der Waals surface area contributed by atoms with Crippen LogP contribution in [-0.2, 0) is 4.79 Å². The molecule has 1 aromatic carbocycles. The smallest absolute Gasteiger partial charge is 0.227 e. The van der Waals surface area contributed by atoms with E-state index in [1.54, 1.807) is 0 Å². The minimum Gasteiger partial charge on any atom is -0.353 e. The molecule has 1 N–H and O–H groups in total. The standard InChI is InChI=1S/C18H28N2O/c1-4-17(15-8-6-5-7-9-15)18(21)19-16-10-12-20(13-11-16)14(2)3/h5-9,14,16-17H,4,10-13H2,1-3H3,(H,19,21). The van der Waals surface area contributed by atoms with Gasteiger partial charge in [-0.3, -0.25) is 4.79 Å². The molecule has 1 aromatic rings. The average Bonchev–Trinajstić information content (AvgIpc) is 2.49. The summed E-state index contributed by atoms with van der Waals surface area (Å²) in [6, 6.07) is 11.1. The summed E-state index contributed by atoms with van der Waals surface area (Å²) in [5.74, 6) is 0.168. The van der Waals surface area contributed by atoms with E-state index < -0.39 is 0 Å². The first kappa shape index (κ1) is 16.0. The normalized spacial score (nSPS) is 18.7. The Labute approximate surface area is 128 Å². The van der Waals surface area contributed by atoms with Gasteiger partial charge in [0.05, 0.1) is 5.92 Å². The molecule has 116 valence electrons. The second kappa shape index (κ2) is 7.60. The lowest BCUT2D eigenvalue weighted by molar-refractivity contribution is -0.123. The van der Waals surface area contributed by atoms with E-state index >= 15 is 0 Å². The maximum absolute atomic E-state index is 12.5. The van der Waals surface area contributed by atoms with Crippen LogP contribution < -0.4 is 5.32 Å². The third-order valence-corrected chi connectivity index (χ3v) is 4.53. The van der Waals surface area contributed by atoms with Crippen LogP contribution in [0, 0.1) is 0 Å². The third kappa shape index (κ3) is 4.31. The fourth-order valence-corrected chi connectivity index (χ4v) is 3.12. The molecule has 0 aliphatic carbocycles. The summed E-state index contributed by atoms with van der Waals surface area (Å²) in [6.45, 7) is 8.73. The van der Waals surface area contributed by atoms with Crippen LogP contribution in [-0.4, -0.2) is 36.0 Å². The van der Waals surface area contributed by atoms with Crippen LogP contribution in [0.15, 0.2) is 30.3 Å². The Bertz CT molecular complexity index is 436. The highest BCUT2D eigenvalue weighted by Gasteiger charge is 2.25. The Hall–Kier alpha value is -1.35. The van der Waals surface area contributed by atoms with Crippen molar-refractivity contribution in [2.45, 2.75) is 58.0 Å². The van der Waals surface area contributed by atoms with Crippen LogP contribution in [0.2, 0.25) is 0 Å².